The summed E-state index contributed by atoms with van der Waals surface area (Å²) in [6.45, 7) is 4.42. The Labute approximate surface area is 109 Å². The van der Waals surface area contributed by atoms with E-state index in [0.717, 1.165) is 17.8 Å². The smallest absolute Gasteiger partial charge is 0.134 e. The summed E-state index contributed by atoms with van der Waals surface area (Å²) in [5.74, 6) is 0. The summed E-state index contributed by atoms with van der Waals surface area (Å²) in [6, 6.07) is 0.376. The molecule has 0 spiro atoms. The molecule has 0 amide bonds. The van der Waals surface area contributed by atoms with Gasteiger partial charge in [0.25, 0.3) is 0 Å². The highest BCUT2D eigenvalue weighted by atomic mass is 32.1. The second-order valence-electron chi connectivity index (χ2n) is 4.45. The standard InChI is InChI=1S/C13H25N3S/c1-4-6-7-8-9-10-12-15-16-13(17-12)11(5-2)14-3/h11,14H,4-10H2,1-3H3. The molecular weight excluding hydrogens is 230 g/mol. The lowest BCUT2D eigenvalue weighted by Crippen LogP contribution is -2.14. The van der Waals surface area contributed by atoms with Gasteiger partial charge in [-0.25, -0.2) is 0 Å². The fraction of sp³-hybridized carbons (Fsp3) is 0.846. The highest BCUT2D eigenvalue weighted by Gasteiger charge is 2.12. The Balaban J connectivity index is 2.30. The minimum atomic E-state index is 0.376. The van der Waals surface area contributed by atoms with Gasteiger partial charge in [-0.15, -0.1) is 10.2 Å². The molecule has 0 saturated carbocycles. The molecule has 98 valence electrons. The van der Waals surface area contributed by atoms with Crippen molar-refractivity contribution in [3.05, 3.63) is 10.0 Å². The summed E-state index contributed by atoms with van der Waals surface area (Å²) in [5, 5.41) is 14.2. The maximum absolute atomic E-state index is 4.28. The average molecular weight is 255 g/mol. The first-order valence-electron chi connectivity index (χ1n) is 6.81. The molecule has 1 rings (SSSR count). The van der Waals surface area contributed by atoms with E-state index in [1.54, 1.807) is 11.3 Å². The van der Waals surface area contributed by atoms with Crippen molar-refractivity contribution < 1.29 is 0 Å². The second-order valence-corrected chi connectivity index (χ2v) is 5.54. The predicted octanol–water partition coefficient (Wildman–Crippen LogP) is 3.72. The monoisotopic (exact) mass is 255 g/mol. The van der Waals surface area contributed by atoms with Crippen LogP contribution in [-0.2, 0) is 6.42 Å². The van der Waals surface area contributed by atoms with Crippen LogP contribution in [0.3, 0.4) is 0 Å². The third-order valence-corrected chi connectivity index (χ3v) is 4.13. The number of aryl methyl sites for hydroxylation is 1. The van der Waals surface area contributed by atoms with E-state index in [9.17, 15) is 0 Å². The molecule has 3 nitrogen and oxygen atoms in total. The van der Waals surface area contributed by atoms with Gasteiger partial charge in [-0.2, -0.15) is 0 Å². The van der Waals surface area contributed by atoms with E-state index in [4.69, 9.17) is 0 Å². The Morgan fingerprint density at radius 1 is 1.12 bits per heavy atom. The lowest BCUT2D eigenvalue weighted by molar-refractivity contribution is 0.568. The molecule has 1 N–H and O–H groups in total. The van der Waals surface area contributed by atoms with Gasteiger partial charge in [0.1, 0.15) is 10.0 Å². The molecule has 4 heteroatoms. The number of nitrogens with one attached hydrogen (secondary N) is 1. The Morgan fingerprint density at radius 2 is 1.88 bits per heavy atom. The molecule has 1 atom stereocenters. The Morgan fingerprint density at radius 3 is 2.53 bits per heavy atom. The zero-order chi connectivity index (χ0) is 12.5. The van der Waals surface area contributed by atoms with Crippen LogP contribution in [0.4, 0.5) is 0 Å². The van der Waals surface area contributed by atoms with Gasteiger partial charge in [0.2, 0.25) is 0 Å². The van der Waals surface area contributed by atoms with Crippen LogP contribution in [0.25, 0.3) is 0 Å². The molecule has 0 aromatic carbocycles. The van der Waals surface area contributed by atoms with E-state index in [-0.39, 0.29) is 0 Å². The lowest BCUT2D eigenvalue weighted by Gasteiger charge is -2.07. The van der Waals surface area contributed by atoms with Gasteiger partial charge >= 0.3 is 0 Å². The molecule has 0 radical (unpaired) electrons. The normalized spacial score (nSPS) is 12.9. The number of hydrogen-bond donors (Lipinski definition) is 1. The molecule has 1 unspecified atom stereocenters. The highest BCUT2D eigenvalue weighted by Crippen LogP contribution is 2.21. The Kier molecular flexibility index (Phi) is 7.37. The van der Waals surface area contributed by atoms with Crippen molar-refractivity contribution in [2.45, 2.75) is 64.8 Å². The second kappa shape index (κ2) is 8.59. The fourth-order valence-electron chi connectivity index (χ4n) is 1.89. The number of unbranched alkanes of at least 4 members (excludes halogenated alkanes) is 4. The summed E-state index contributed by atoms with van der Waals surface area (Å²) in [7, 11) is 1.99. The molecule has 1 aromatic heterocycles. The van der Waals surface area contributed by atoms with E-state index in [0.29, 0.717) is 6.04 Å². The molecule has 0 saturated heterocycles. The highest BCUT2D eigenvalue weighted by molar-refractivity contribution is 7.11. The molecule has 0 fully saturated rings. The third-order valence-electron chi connectivity index (χ3n) is 3.03. The van der Waals surface area contributed by atoms with Gasteiger partial charge in [0, 0.05) is 6.42 Å². The van der Waals surface area contributed by atoms with Crippen LogP contribution in [0.1, 0.15) is 68.4 Å². The van der Waals surface area contributed by atoms with Crippen molar-refractivity contribution in [1.29, 1.82) is 0 Å². The molecule has 1 heterocycles. The summed E-state index contributed by atoms with van der Waals surface area (Å²) in [4.78, 5) is 0. The summed E-state index contributed by atoms with van der Waals surface area (Å²) < 4.78 is 0. The first-order valence-corrected chi connectivity index (χ1v) is 7.63. The largest absolute Gasteiger partial charge is 0.311 e. The predicted molar refractivity (Wildman–Crippen MR) is 74.5 cm³/mol. The van der Waals surface area contributed by atoms with E-state index >= 15 is 0 Å². The summed E-state index contributed by atoms with van der Waals surface area (Å²) >= 11 is 1.77. The molecule has 0 aliphatic carbocycles. The maximum atomic E-state index is 4.28. The molecule has 1 aromatic rings. The van der Waals surface area contributed by atoms with Gasteiger partial charge < -0.3 is 5.32 Å². The van der Waals surface area contributed by atoms with E-state index in [1.807, 2.05) is 7.05 Å². The van der Waals surface area contributed by atoms with Crippen LogP contribution in [0.5, 0.6) is 0 Å². The minimum Gasteiger partial charge on any atom is -0.311 e. The van der Waals surface area contributed by atoms with E-state index < -0.39 is 0 Å². The van der Waals surface area contributed by atoms with Crippen molar-refractivity contribution in [3.8, 4) is 0 Å². The number of aromatic nitrogens is 2. The SMILES string of the molecule is CCCCCCCc1nnc(C(CC)NC)s1. The van der Waals surface area contributed by atoms with Gasteiger partial charge in [0.05, 0.1) is 6.04 Å². The minimum absolute atomic E-state index is 0.376. The first kappa shape index (κ1) is 14.6. The van der Waals surface area contributed by atoms with Crippen LogP contribution >= 0.6 is 11.3 Å². The lowest BCUT2D eigenvalue weighted by atomic mass is 10.1. The molecular formula is C13H25N3S. The summed E-state index contributed by atoms with van der Waals surface area (Å²) in [6.07, 6.45) is 8.78. The van der Waals surface area contributed by atoms with Gasteiger partial charge in [-0.1, -0.05) is 50.9 Å². The van der Waals surface area contributed by atoms with E-state index in [1.165, 1.54) is 37.1 Å². The van der Waals surface area contributed by atoms with Crippen LogP contribution < -0.4 is 5.32 Å². The molecule has 0 bridgehead atoms. The van der Waals surface area contributed by atoms with Crippen LogP contribution in [-0.4, -0.2) is 17.2 Å². The molecule has 0 aliphatic heterocycles. The zero-order valence-electron chi connectivity index (χ0n) is 11.3. The average Bonchev–Trinajstić information content (AvgIpc) is 2.79. The maximum Gasteiger partial charge on any atom is 0.134 e. The number of hydrogen-bond acceptors (Lipinski definition) is 4. The third kappa shape index (κ3) is 5.13. The fourth-order valence-corrected chi connectivity index (χ4v) is 2.97. The van der Waals surface area contributed by atoms with Crippen molar-refractivity contribution in [2.24, 2.45) is 0 Å². The van der Waals surface area contributed by atoms with Crippen molar-refractivity contribution >= 4 is 11.3 Å². The Hall–Kier alpha value is -0.480. The van der Waals surface area contributed by atoms with Crippen molar-refractivity contribution in [2.75, 3.05) is 7.05 Å². The topological polar surface area (TPSA) is 37.8 Å². The van der Waals surface area contributed by atoms with Crippen molar-refractivity contribution in [1.82, 2.24) is 15.5 Å². The van der Waals surface area contributed by atoms with Gasteiger partial charge in [0.15, 0.2) is 0 Å². The molecule has 17 heavy (non-hydrogen) atoms. The van der Waals surface area contributed by atoms with Gasteiger partial charge in [-0.3, -0.25) is 0 Å². The number of rotatable bonds is 9. The zero-order valence-corrected chi connectivity index (χ0v) is 12.1. The van der Waals surface area contributed by atoms with Gasteiger partial charge in [-0.05, 0) is 19.9 Å². The quantitative estimate of drug-likeness (QED) is 0.683. The summed E-state index contributed by atoms with van der Waals surface area (Å²) in [5.41, 5.74) is 0. The van der Waals surface area contributed by atoms with Crippen molar-refractivity contribution in [3.63, 3.8) is 0 Å². The Bertz CT molecular complexity index is 295. The number of nitrogens with zero attached hydrogens (tertiary/aromatic N) is 2. The van der Waals surface area contributed by atoms with E-state index in [2.05, 4.69) is 29.4 Å². The molecule has 0 aliphatic rings. The van der Waals surface area contributed by atoms with Crippen LogP contribution in [0.15, 0.2) is 0 Å². The van der Waals surface area contributed by atoms with Crippen LogP contribution in [0.2, 0.25) is 0 Å². The van der Waals surface area contributed by atoms with Crippen LogP contribution in [0, 0.1) is 0 Å². The first-order chi connectivity index (χ1) is 8.31.